The summed E-state index contributed by atoms with van der Waals surface area (Å²) in [6.07, 6.45) is 6.03. The van der Waals surface area contributed by atoms with Crippen molar-refractivity contribution in [1.29, 1.82) is 0 Å². The van der Waals surface area contributed by atoms with Gasteiger partial charge in [-0.1, -0.05) is 31.2 Å². The van der Waals surface area contributed by atoms with Crippen LogP contribution < -0.4 is 5.32 Å². The van der Waals surface area contributed by atoms with Gasteiger partial charge in [0, 0.05) is 12.5 Å². The average molecular weight is 261 g/mol. The fraction of sp³-hybridized carbons (Fsp3) is 0.647. The van der Waals surface area contributed by atoms with Crippen LogP contribution in [0.3, 0.4) is 0 Å². The van der Waals surface area contributed by atoms with Crippen LogP contribution in [-0.2, 0) is 6.42 Å². The van der Waals surface area contributed by atoms with Gasteiger partial charge in [0.2, 0.25) is 0 Å². The maximum atomic E-state index is 10.8. The molecule has 0 amide bonds. The van der Waals surface area contributed by atoms with E-state index >= 15 is 0 Å². The van der Waals surface area contributed by atoms with Crippen molar-refractivity contribution in [2.45, 2.75) is 64.0 Å². The second-order valence-corrected chi connectivity index (χ2v) is 6.06. The van der Waals surface area contributed by atoms with E-state index in [1.807, 2.05) is 0 Å². The van der Waals surface area contributed by atoms with E-state index in [9.17, 15) is 5.11 Å². The Morgan fingerprint density at radius 2 is 1.95 bits per heavy atom. The Hall–Kier alpha value is -0.860. The Morgan fingerprint density at radius 1 is 1.26 bits per heavy atom. The molecule has 1 saturated carbocycles. The van der Waals surface area contributed by atoms with Crippen molar-refractivity contribution in [1.82, 2.24) is 5.32 Å². The molecule has 106 valence electrons. The minimum absolute atomic E-state index is 0.490. The predicted octanol–water partition coefficient (Wildman–Crippen LogP) is 3.21. The molecule has 0 aromatic heterocycles. The zero-order chi connectivity index (χ0) is 13.7. The smallest absolute Gasteiger partial charge is 0.0689 e. The highest BCUT2D eigenvalue weighted by molar-refractivity contribution is 5.27. The van der Waals surface area contributed by atoms with Gasteiger partial charge in [0.05, 0.1) is 5.60 Å². The van der Waals surface area contributed by atoms with E-state index in [1.165, 1.54) is 17.5 Å². The Labute approximate surface area is 117 Å². The topological polar surface area (TPSA) is 32.3 Å². The SMILES string of the molecule is CCCNC1CCC(O)(Cc2ccccc2C)CC1. The third-order valence-corrected chi connectivity index (χ3v) is 4.38. The molecule has 1 aromatic carbocycles. The van der Waals surface area contributed by atoms with Crippen LogP contribution in [0, 0.1) is 6.92 Å². The first-order valence-corrected chi connectivity index (χ1v) is 7.63. The standard InChI is InChI=1S/C17H27NO/c1-3-12-18-16-8-10-17(19,11-9-16)13-15-7-5-4-6-14(15)2/h4-7,16,18-19H,3,8-13H2,1-2H3. The Bertz CT molecular complexity index is 394. The maximum absolute atomic E-state index is 10.8. The van der Waals surface area contributed by atoms with E-state index in [1.54, 1.807) is 0 Å². The summed E-state index contributed by atoms with van der Waals surface area (Å²) < 4.78 is 0. The molecule has 2 heteroatoms. The molecule has 2 rings (SSSR count). The number of aryl methyl sites for hydroxylation is 1. The minimum atomic E-state index is -0.490. The van der Waals surface area contributed by atoms with Gasteiger partial charge in [-0.3, -0.25) is 0 Å². The van der Waals surface area contributed by atoms with Gasteiger partial charge in [-0.25, -0.2) is 0 Å². The molecule has 0 aliphatic heterocycles. The molecule has 0 unspecified atom stereocenters. The summed E-state index contributed by atoms with van der Waals surface area (Å²) in [5.41, 5.74) is 2.10. The minimum Gasteiger partial charge on any atom is -0.390 e. The number of hydrogen-bond acceptors (Lipinski definition) is 2. The van der Waals surface area contributed by atoms with Crippen molar-refractivity contribution in [3.05, 3.63) is 35.4 Å². The lowest BCUT2D eigenvalue weighted by molar-refractivity contribution is -0.00318. The summed E-state index contributed by atoms with van der Waals surface area (Å²) in [5.74, 6) is 0. The zero-order valence-electron chi connectivity index (χ0n) is 12.3. The molecule has 2 N–H and O–H groups in total. The number of hydrogen-bond donors (Lipinski definition) is 2. The molecule has 0 spiro atoms. The Morgan fingerprint density at radius 3 is 2.58 bits per heavy atom. The van der Waals surface area contributed by atoms with Crippen molar-refractivity contribution < 1.29 is 5.11 Å². The molecule has 1 aliphatic carbocycles. The monoisotopic (exact) mass is 261 g/mol. The fourth-order valence-corrected chi connectivity index (χ4v) is 3.05. The first-order valence-electron chi connectivity index (χ1n) is 7.63. The maximum Gasteiger partial charge on any atom is 0.0689 e. The molecule has 1 fully saturated rings. The van der Waals surface area contributed by atoms with Crippen molar-refractivity contribution in [3.8, 4) is 0 Å². The Kier molecular flexibility index (Phi) is 5.00. The van der Waals surface area contributed by atoms with Crippen LogP contribution in [0.2, 0.25) is 0 Å². The molecule has 0 atom stereocenters. The van der Waals surface area contributed by atoms with Crippen molar-refractivity contribution in [3.63, 3.8) is 0 Å². The third-order valence-electron chi connectivity index (χ3n) is 4.38. The van der Waals surface area contributed by atoms with E-state index in [0.29, 0.717) is 6.04 Å². The van der Waals surface area contributed by atoms with E-state index in [-0.39, 0.29) is 0 Å². The molecule has 0 bridgehead atoms. The number of nitrogens with one attached hydrogen (secondary N) is 1. The van der Waals surface area contributed by atoms with Gasteiger partial charge in [0.15, 0.2) is 0 Å². The first kappa shape index (κ1) is 14.5. The number of rotatable bonds is 5. The average Bonchev–Trinajstić information content (AvgIpc) is 2.41. The van der Waals surface area contributed by atoms with Gasteiger partial charge in [-0.15, -0.1) is 0 Å². The molecule has 19 heavy (non-hydrogen) atoms. The van der Waals surface area contributed by atoms with Gasteiger partial charge in [0.1, 0.15) is 0 Å². The summed E-state index contributed by atoms with van der Waals surface area (Å²) in [4.78, 5) is 0. The van der Waals surface area contributed by atoms with Gasteiger partial charge in [0.25, 0.3) is 0 Å². The molecule has 1 aliphatic rings. The summed E-state index contributed by atoms with van der Waals surface area (Å²) >= 11 is 0. The lowest BCUT2D eigenvalue weighted by atomic mass is 9.78. The van der Waals surface area contributed by atoms with E-state index in [0.717, 1.165) is 38.6 Å². The van der Waals surface area contributed by atoms with E-state index in [4.69, 9.17) is 0 Å². The van der Waals surface area contributed by atoms with Crippen LogP contribution in [0.15, 0.2) is 24.3 Å². The predicted molar refractivity (Wildman–Crippen MR) is 80.4 cm³/mol. The molecule has 1 aromatic rings. The van der Waals surface area contributed by atoms with Gasteiger partial charge < -0.3 is 10.4 Å². The summed E-state index contributed by atoms with van der Waals surface area (Å²) in [6, 6.07) is 9.02. The van der Waals surface area contributed by atoms with E-state index in [2.05, 4.69) is 43.4 Å². The van der Waals surface area contributed by atoms with Crippen LogP contribution in [0.4, 0.5) is 0 Å². The molecular weight excluding hydrogens is 234 g/mol. The van der Waals surface area contributed by atoms with Crippen molar-refractivity contribution in [2.24, 2.45) is 0 Å². The molecule has 0 radical (unpaired) electrons. The van der Waals surface area contributed by atoms with Crippen LogP contribution in [-0.4, -0.2) is 23.3 Å². The third kappa shape index (κ3) is 4.05. The highest BCUT2D eigenvalue weighted by atomic mass is 16.3. The van der Waals surface area contributed by atoms with E-state index < -0.39 is 5.60 Å². The van der Waals surface area contributed by atoms with Gasteiger partial charge >= 0.3 is 0 Å². The molecule has 2 nitrogen and oxygen atoms in total. The normalized spacial score (nSPS) is 27.4. The van der Waals surface area contributed by atoms with Crippen molar-refractivity contribution >= 4 is 0 Å². The van der Waals surface area contributed by atoms with Crippen LogP contribution in [0.5, 0.6) is 0 Å². The second kappa shape index (κ2) is 6.53. The Balaban J connectivity index is 1.90. The lowest BCUT2D eigenvalue weighted by Crippen LogP contribution is -2.42. The fourth-order valence-electron chi connectivity index (χ4n) is 3.05. The highest BCUT2D eigenvalue weighted by Gasteiger charge is 2.33. The summed E-state index contributed by atoms with van der Waals surface area (Å²) in [7, 11) is 0. The quantitative estimate of drug-likeness (QED) is 0.853. The van der Waals surface area contributed by atoms with Crippen molar-refractivity contribution in [2.75, 3.05) is 6.54 Å². The van der Waals surface area contributed by atoms with Crippen LogP contribution in [0.1, 0.15) is 50.2 Å². The summed E-state index contributed by atoms with van der Waals surface area (Å²) in [6.45, 7) is 5.43. The molecule has 0 saturated heterocycles. The number of benzene rings is 1. The molecule has 0 heterocycles. The summed E-state index contributed by atoms with van der Waals surface area (Å²) in [5, 5.41) is 14.3. The van der Waals surface area contributed by atoms with Gasteiger partial charge in [-0.2, -0.15) is 0 Å². The second-order valence-electron chi connectivity index (χ2n) is 6.06. The van der Waals surface area contributed by atoms with Crippen LogP contribution >= 0.6 is 0 Å². The van der Waals surface area contributed by atoms with Crippen LogP contribution in [0.25, 0.3) is 0 Å². The lowest BCUT2D eigenvalue weighted by Gasteiger charge is -2.37. The highest BCUT2D eigenvalue weighted by Crippen LogP contribution is 2.32. The number of aliphatic hydroxyl groups is 1. The first-order chi connectivity index (χ1) is 9.13. The largest absolute Gasteiger partial charge is 0.390 e. The molecular formula is C17H27NO. The zero-order valence-corrected chi connectivity index (χ0v) is 12.3. The van der Waals surface area contributed by atoms with Gasteiger partial charge in [-0.05, 0) is 56.7 Å².